The minimum atomic E-state index is -0.760. The van der Waals surface area contributed by atoms with Gasteiger partial charge in [-0.1, -0.05) is 60.7 Å². The molecule has 5 nitrogen and oxygen atoms in total. The number of aromatic nitrogens is 4. The molecule has 0 saturated carbocycles. The normalized spacial score (nSPS) is 12.2. The van der Waals surface area contributed by atoms with Crippen molar-refractivity contribution in [1.29, 1.82) is 0 Å². The van der Waals surface area contributed by atoms with E-state index in [1.54, 1.807) is 6.20 Å². The summed E-state index contributed by atoms with van der Waals surface area (Å²) >= 11 is 0. The molecule has 0 saturated heterocycles. The number of rotatable bonds is 6. The van der Waals surface area contributed by atoms with Crippen LogP contribution in [-0.4, -0.2) is 24.2 Å². The second-order valence-electron chi connectivity index (χ2n) is 6.18. The van der Waals surface area contributed by atoms with Crippen molar-refractivity contribution in [2.75, 3.05) is 0 Å². The van der Waals surface area contributed by atoms with Crippen LogP contribution in [0.4, 0.5) is 0 Å². The topological polar surface area (TPSA) is 55.9 Å². The minimum Gasteiger partial charge on any atom is -0.380 e. The maximum atomic E-state index is 10.7. The van der Waals surface area contributed by atoms with Crippen LogP contribution in [0.15, 0.2) is 85.5 Å². The zero-order valence-electron chi connectivity index (χ0n) is 14.3. The molecule has 0 bridgehead atoms. The van der Waals surface area contributed by atoms with E-state index in [4.69, 9.17) is 0 Å². The van der Waals surface area contributed by atoms with E-state index >= 15 is 0 Å². The number of aliphatic hydroxyl groups is 1. The Bertz CT molecular complexity index is 960. The summed E-state index contributed by atoms with van der Waals surface area (Å²) in [5, 5.41) is 10.7. The maximum Gasteiger partial charge on any atom is 0.142 e. The Labute approximate surface area is 152 Å². The molecule has 0 aliphatic heterocycles. The number of aliphatic hydroxyl groups excluding tert-OH is 1. The molecule has 0 unspecified atom stereocenters. The van der Waals surface area contributed by atoms with Gasteiger partial charge in [-0.3, -0.25) is 0 Å². The van der Waals surface area contributed by atoms with Crippen LogP contribution < -0.4 is 0 Å². The quantitative estimate of drug-likeness (QED) is 0.584. The highest BCUT2D eigenvalue weighted by Crippen LogP contribution is 2.21. The summed E-state index contributed by atoms with van der Waals surface area (Å²) in [6, 6.07) is 19.9. The van der Waals surface area contributed by atoms with Crippen LogP contribution in [0.25, 0.3) is 0 Å². The molecule has 5 heteroatoms. The molecular formula is C21H20N4O. The van der Waals surface area contributed by atoms with Gasteiger partial charge in [-0.2, -0.15) is 0 Å². The summed E-state index contributed by atoms with van der Waals surface area (Å²) in [5.41, 5.74) is 2.05. The number of hydrogen-bond acceptors (Lipinski definition) is 3. The molecule has 2 aromatic carbocycles. The van der Waals surface area contributed by atoms with Crippen LogP contribution in [0.5, 0.6) is 0 Å². The van der Waals surface area contributed by atoms with Crippen molar-refractivity contribution in [2.24, 2.45) is 0 Å². The van der Waals surface area contributed by atoms with Gasteiger partial charge in [0.1, 0.15) is 17.8 Å². The van der Waals surface area contributed by atoms with Crippen LogP contribution in [0.1, 0.15) is 28.9 Å². The van der Waals surface area contributed by atoms with Crippen molar-refractivity contribution < 1.29 is 5.11 Å². The number of benzene rings is 2. The molecule has 130 valence electrons. The van der Waals surface area contributed by atoms with Crippen molar-refractivity contribution in [3.8, 4) is 0 Å². The van der Waals surface area contributed by atoms with E-state index in [2.05, 4.69) is 26.7 Å². The second kappa shape index (κ2) is 7.37. The predicted octanol–water partition coefficient (Wildman–Crippen LogP) is 3.26. The standard InChI is InChI=1S/C21H20N4O/c26-20(18-9-5-2-6-10-18)21-23-12-14-25(21)16-19-22-11-13-24(19)15-17-7-3-1-4-8-17/h1-14,20,26H,15-16H2/t20-/m0/s1. The van der Waals surface area contributed by atoms with E-state index in [1.165, 1.54) is 5.56 Å². The van der Waals surface area contributed by atoms with Crippen LogP contribution >= 0.6 is 0 Å². The van der Waals surface area contributed by atoms with Gasteiger partial charge in [-0.15, -0.1) is 0 Å². The first-order chi connectivity index (χ1) is 12.8. The molecule has 1 atom stereocenters. The molecule has 4 aromatic rings. The number of hydrogen-bond donors (Lipinski definition) is 1. The first-order valence-electron chi connectivity index (χ1n) is 8.59. The highest BCUT2D eigenvalue weighted by molar-refractivity contribution is 5.23. The lowest BCUT2D eigenvalue weighted by molar-refractivity contribution is 0.205. The lowest BCUT2D eigenvalue weighted by Crippen LogP contribution is -2.14. The molecule has 0 aliphatic rings. The van der Waals surface area contributed by atoms with E-state index in [9.17, 15) is 5.11 Å². The van der Waals surface area contributed by atoms with E-state index in [0.29, 0.717) is 12.4 Å². The van der Waals surface area contributed by atoms with Crippen molar-refractivity contribution in [2.45, 2.75) is 19.2 Å². The summed E-state index contributed by atoms with van der Waals surface area (Å²) in [4.78, 5) is 8.86. The van der Waals surface area contributed by atoms with Crippen molar-refractivity contribution in [3.63, 3.8) is 0 Å². The molecule has 0 spiro atoms. The third kappa shape index (κ3) is 3.43. The Morgan fingerprint density at radius 2 is 1.42 bits per heavy atom. The van der Waals surface area contributed by atoms with Crippen molar-refractivity contribution in [3.05, 3.63) is 108 Å². The fourth-order valence-corrected chi connectivity index (χ4v) is 3.05. The highest BCUT2D eigenvalue weighted by atomic mass is 16.3. The molecule has 4 rings (SSSR count). The second-order valence-corrected chi connectivity index (χ2v) is 6.18. The van der Waals surface area contributed by atoms with E-state index < -0.39 is 6.10 Å². The average Bonchev–Trinajstić information content (AvgIpc) is 3.33. The monoisotopic (exact) mass is 344 g/mol. The van der Waals surface area contributed by atoms with Crippen LogP contribution in [0.2, 0.25) is 0 Å². The fourth-order valence-electron chi connectivity index (χ4n) is 3.05. The Balaban J connectivity index is 1.56. The predicted molar refractivity (Wildman–Crippen MR) is 99.6 cm³/mol. The van der Waals surface area contributed by atoms with E-state index in [0.717, 1.165) is 17.9 Å². The van der Waals surface area contributed by atoms with Crippen LogP contribution in [0.3, 0.4) is 0 Å². The molecule has 1 N–H and O–H groups in total. The molecule has 2 heterocycles. The third-order valence-corrected chi connectivity index (χ3v) is 4.42. The summed E-state index contributed by atoms with van der Waals surface area (Å²) < 4.78 is 4.06. The minimum absolute atomic E-state index is 0.555. The molecule has 0 fully saturated rings. The molecule has 0 aliphatic carbocycles. The van der Waals surface area contributed by atoms with Crippen molar-refractivity contribution >= 4 is 0 Å². The molecule has 0 radical (unpaired) electrons. The summed E-state index contributed by atoms with van der Waals surface area (Å²) in [5.74, 6) is 1.54. The summed E-state index contributed by atoms with van der Waals surface area (Å²) in [6.45, 7) is 1.32. The van der Waals surface area contributed by atoms with Gasteiger partial charge < -0.3 is 14.2 Å². The Morgan fingerprint density at radius 3 is 2.19 bits per heavy atom. The van der Waals surface area contributed by atoms with Gasteiger partial charge in [0.25, 0.3) is 0 Å². The van der Waals surface area contributed by atoms with Gasteiger partial charge in [0.15, 0.2) is 0 Å². The lowest BCUT2D eigenvalue weighted by Gasteiger charge is -2.14. The Morgan fingerprint density at radius 1 is 0.769 bits per heavy atom. The zero-order chi connectivity index (χ0) is 17.8. The van der Waals surface area contributed by atoms with Gasteiger partial charge in [0.2, 0.25) is 0 Å². The first kappa shape index (κ1) is 16.3. The van der Waals surface area contributed by atoms with E-state index in [1.807, 2.05) is 71.7 Å². The van der Waals surface area contributed by atoms with Crippen LogP contribution in [-0.2, 0) is 13.1 Å². The van der Waals surface area contributed by atoms with Gasteiger partial charge in [0.05, 0.1) is 6.54 Å². The summed E-state index contributed by atoms with van der Waals surface area (Å²) in [6.07, 6.45) is 6.62. The third-order valence-electron chi connectivity index (χ3n) is 4.42. The maximum absolute atomic E-state index is 10.7. The van der Waals surface area contributed by atoms with Gasteiger partial charge in [-0.05, 0) is 11.1 Å². The van der Waals surface area contributed by atoms with E-state index in [-0.39, 0.29) is 0 Å². The lowest BCUT2D eigenvalue weighted by atomic mass is 10.1. The molecule has 2 aromatic heterocycles. The smallest absolute Gasteiger partial charge is 0.142 e. The van der Waals surface area contributed by atoms with Crippen molar-refractivity contribution in [1.82, 2.24) is 19.1 Å². The molecule has 26 heavy (non-hydrogen) atoms. The van der Waals surface area contributed by atoms with Gasteiger partial charge in [-0.25, -0.2) is 9.97 Å². The SMILES string of the molecule is O[C@@H](c1ccccc1)c1nccn1Cc1nccn1Cc1ccccc1. The zero-order valence-corrected chi connectivity index (χ0v) is 14.3. The van der Waals surface area contributed by atoms with Gasteiger partial charge >= 0.3 is 0 Å². The summed E-state index contributed by atoms with van der Waals surface area (Å²) in [7, 11) is 0. The average molecular weight is 344 g/mol. The number of imidazole rings is 2. The van der Waals surface area contributed by atoms with Gasteiger partial charge in [0, 0.05) is 31.3 Å². The fraction of sp³-hybridized carbons (Fsp3) is 0.143. The highest BCUT2D eigenvalue weighted by Gasteiger charge is 2.17. The first-order valence-corrected chi connectivity index (χ1v) is 8.59. The largest absolute Gasteiger partial charge is 0.380 e. The Kier molecular flexibility index (Phi) is 4.62. The molecule has 0 amide bonds. The van der Waals surface area contributed by atoms with Crippen LogP contribution in [0, 0.1) is 0 Å². The Hall–Kier alpha value is -3.18. The number of nitrogens with zero attached hydrogens (tertiary/aromatic N) is 4. The molecular weight excluding hydrogens is 324 g/mol.